The number of halogens is 2. The molecule has 20 heavy (non-hydrogen) atoms. The van der Waals surface area contributed by atoms with E-state index in [4.69, 9.17) is 27.9 Å². The zero-order valence-electron chi connectivity index (χ0n) is 11.0. The first kappa shape index (κ1) is 13.7. The fourth-order valence-electron chi connectivity index (χ4n) is 2.42. The van der Waals surface area contributed by atoms with Crippen LogP contribution in [0.15, 0.2) is 18.3 Å². The summed E-state index contributed by atoms with van der Waals surface area (Å²) in [6.45, 7) is 3.41. The Morgan fingerprint density at radius 2 is 2.30 bits per heavy atom. The number of fused-ring (bicyclic) bond motifs is 1. The molecule has 1 aromatic heterocycles. The summed E-state index contributed by atoms with van der Waals surface area (Å²) in [7, 11) is 0. The SMILES string of the molecule is Cc1[nH]ncc1CNC1CCOc2c(Cl)cc(Cl)cc21. The van der Waals surface area contributed by atoms with Gasteiger partial charge < -0.3 is 10.1 Å². The van der Waals surface area contributed by atoms with Crippen LogP contribution in [0.1, 0.15) is 29.3 Å². The van der Waals surface area contributed by atoms with Gasteiger partial charge in [0.2, 0.25) is 0 Å². The number of aryl methyl sites for hydroxylation is 1. The largest absolute Gasteiger partial charge is 0.492 e. The van der Waals surface area contributed by atoms with E-state index in [1.165, 1.54) is 0 Å². The summed E-state index contributed by atoms with van der Waals surface area (Å²) in [5.41, 5.74) is 3.26. The average Bonchev–Trinajstić information content (AvgIpc) is 2.82. The molecule has 0 fully saturated rings. The second-order valence-electron chi connectivity index (χ2n) is 4.90. The summed E-state index contributed by atoms with van der Waals surface area (Å²) in [5.74, 6) is 0.740. The molecule has 0 bridgehead atoms. The number of aromatic amines is 1. The van der Waals surface area contributed by atoms with Gasteiger partial charge >= 0.3 is 0 Å². The van der Waals surface area contributed by atoms with E-state index in [1.54, 1.807) is 6.07 Å². The molecule has 1 aromatic carbocycles. The van der Waals surface area contributed by atoms with Crippen molar-refractivity contribution in [3.05, 3.63) is 45.2 Å². The van der Waals surface area contributed by atoms with E-state index in [-0.39, 0.29) is 6.04 Å². The molecule has 0 radical (unpaired) electrons. The van der Waals surface area contributed by atoms with Gasteiger partial charge in [0, 0.05) is 40.9 Å². The first-order valence-corrected chi connectivity index (χ1v) is 7.24. The monoisotopic (exact) mass is 311 g/mol. The lowest BCUT2D eigenvalue weighted by atomic mass is 10.00. The lowest BCUT2D eigenvalue weighted by Crippen LogP contribution is -2.27. The molecule has 1 unspecified atom stereocenters. The molecule has 0 saturated carbocycles. The van der Waals surface area contributed by atoms with E-state index in [9.17, 15) is 0 Å². The van der Waals surface area contributed by atoms with Crippen LogP contribution in [-0.4, -0.2) is 16.8 Å². The van der Waals surface area contributed by atoms with Crippen LogP contribution in [0.25, 0.3) is 0 Å². The third-order valence-electron chi connectivity index (χ3n) is 3.54. The molecule has 2 heterocycles. The molecule has 1 aliphatic heterocycles. The Hall–Kier alpha value is -1.23. The number of aromatic nitrogens is 2. The van der Waals surface area contributed by atoms with Crippen molar-refractivity contribution in [2.45, 2.75) is 25.9 Å². The zero-order valence-corrected chi connectivity index (χ0v) is 12.6. The van der Waals surface area contributed by atoms with Crippen molar-refractivity contribution in [1.29, 1.82) is 0 Å². The number of hydrogen-bond acceptors (Lipinski definition) is 3. The number of rotatable bonds is 3. The molecule has 0 saturated heterocycles. The number of nitrogens with one attached hydrogen (secondary N) is 2. The second-order valence-corrected chi connectivity index (χ2v) is 5.74. The maximum absolute atomic E-state index is 6.19. The second kappa shape index (κ2) is 5.64. The molecule has 106 valence electrons. The van der Waals surface area contributed by atoms with Gasteiger partial charge in [-0.3, -0.25) is 5.10 Å². The van der Waals surface area contributed by atoms with Crippen molar-refractivity contribution >= 4 is 23.2 Å². The number of ether oxygens (including phenoxy) is 1. The van der Waals surface area contributed by atoms with Crippen molar-refractivity contribution in [3.8, 4) is 5.75 Å². The van der Waals surface area contributed by atoms with Crippen LogP contribution < -0.4 is 10.1 Å². The molecule has 4 nitrogen and oxygen atoms in total. The molecular weight excluding hydrogens is 297 g/mol. The van der Waals surface area contributed by atoms with Crippen molar-refractivity contribution in [1.82, 2.24) is 15.5 Å². The lowest BCUT2D eigenvalue weighted by Gasteiger charge is -2.27. The highest BCUT2D eigenvalue weighted by atomic mass is 35.5. The summed E-state index contributed by atoms with van der Waals surface area (Å²) in [5, 5.41) is 11.7. The van der Waals surface area contributed by atoms with Gasteiger partial charge in [0.05, 0.1) is 17.8 Å². The third-order valence-corrected chi connectivity index (χ3v) is 4.04. The van der Waals surface area contributed by atoms with E-state index >= 15 is 0 Å². The van der Waals surface area contributed by atoms with Crippen molar-refractivity contribution in [2.75, 3.05) is 6.61 Å². The first-order chi connectivity index (χ1) is 9.65. The predicted molar refractivity (Wildman–Crippen MR) is 79.5 cm³/mol. The first-order valence-electron chi connectivity index (χ1n) is 6.49. The fraction of sp³-hybridized carbons (Fsp3) is 0.357. The van der Waals surface area contributed by atoms with Crippen LogP contribution in [0.4, 0.5) is 0 Å². The smallest absolute Gasteiger partial charge is 0.142 e. The van der Waals surface area contributed by atoms with Gasteiger partial charge in [0.25, 0.3) is 0 Å². The molecule has 6 heteroatoms. The van der Waals surface area contributed by atoms with E-state index in [1.807, 2.05) is 19.2 Å². The van der Waals surface area contributed by atoms with Crippen LogP contribution in [0.5, 0.6) is 5.75 Å². The van der Waals surface area contributed by atoms with E-state index in [0.717, 1.165) is 35.5 Å². The molecule has 3 rings (SSSR count). The van der Waals surface area contributed by atoms with Crippen molar-refractivity contribution in [2.24, 2.45) is 0 Å². The van der Waals surface area contributed by atoms with Gasteiger partial charge in [-0.1, -0.05) is 23.2 Å². The van der Waals surface area contributed by atoms with Gasteiger partial charge in [-0.2, -0.15) is 5.10 Å². The highest BCUT2D eigenvalue weighted by Crippen LogP contribution is 2.40. The molecule has 0 spiro atoms. The Balaban J connectivity index is 1.81. The number of benzene rings is 1. The minimum Gasteiger partial charge on any atom is -0.492 e. The van der Waals surface area contributed by atoms with E-state index in [0.29, 0.717) is 16.7 Å². The normalized spacial score (nSPS) is 17.6. The Morgan fingerprint density at radius 3 is 3.05 bits per heavy atom. The van der Waals surface area contributed by atoms with Crippen molar-refractivity contribution in [3.63, 3.8) is 0 Å². The molecular formula is C14H15Cl2N3O. The number of H-pyrrole nitrogens is 1. The van der Waals surface area contributed by atoms with Crippen LogP contribution >= 0.6 is 23.2 Å². The molecule has 0 amide bonds. The Morgan fingerprint density at radius 1 is 1.45 bits per heavy atom. The standard InChI is InChI=1S/C14H15Cl2N3O/c1-8-9(7-18-19-8)6-17-13-2-3-20-14-11(13)4-10(15)5-12(14)16/h4-5,7,13,17H,2-3,6H2,1H3,(H,18,19). The van der Waals surface area contributed by atoms with Crippen LogP contribution in [0, 0.1) is 6.92 Å². The van der Waals surface area contributed by atoms with Gasteiger partial charge in [-0.15, -0.1) is 0 Å². The average molecular weight is 312 g/mol. The van der Waals surface area contributed by atoms with Gasteiger partial charge in [0.15, 0.2) is 0 Å². The lowest BCUT2D eigenvalue weighted by molar-refractivity contribution is 0.252. The maximum atomic E-state index is 6.19. The summed E-state index contributed by atoms with van der Waals surface area (Å²) in [4.78, 5) is 0. The predicted octanol–water partition coefficient (Wildman–Crippen LogP) is 3.64. The minimum atomic E-state index is 0.184. The zero-order chi connectivity index (χ0) is 14.1. The van der Waals surface area contributed by atoms with Gasteiger partial charge in [-0.05, 0) is 19.1 Å². The van der Waals surface area contributed by atoms with Crippen molar-refractivity contribution < 1.29 is 4.74 Å². The number of nitrogens with zero attached hydrogens (tertiary/aromatic N) is 1. The van der Waals surface area contributed by atoms with Crippen LogP contribution in [-0.2, 0) is 6.54 Å². The Kier molecular flexibility index (Phi) is 3.87. The summed E-state index contributed by atoms with van der Waals surface area (Å²) in [6.07, 6.45) is 2.73. The van der Waals surface area contributed by atoms with Crippen LogP contribution in [0.3, 0.4) is 0 Å². The van der Waals surface area contributed by atoms with E-state index < -0.39 is 0 Å². The quantitative estimate of drug-likeness (QED) is 0.910. The van der Waals surface area contributed by atoms with Crippen LogP contribution in [0.2, 0.25) is 10.0 Å². The molecule has 2 aromatic rings. The summed E-state index contributed by atoms with van der Waals surface area (Å²) >= 11 is 12.3. The summed E-state index contributed by atoms with van der Waals surface area (Å²) in [6, 6.07) is 3.82. The fourth-order valence-corrected chi connectivity index (χ4v) is 2.99. The highest BCUT2D eigenvalue weighted by Gasteiger charge is 2.24. The Bertz CT molecular complexity index is 627. The highest BCUT2D eigenvalue weighted by molar-refractivity contribution is 6.35. The maximum Gasteiger partial charge on any atom is 0.142 e. The molecule has 0 aliphatic carbocycles. The van der Waals surface area contributed by atoms with Gasteiger partial charge in [0.1, 0.15) is 5.75 Å². The molecule has 1 aliphatic rings. The van der Waals surface area contributed by atoms with E-state index in [2.05, 4.69) is 15.5 Å². The minimum absolute atomic E-state index is 0.184. The Labute approximate surface area is 127 Å². The molecule has 1 atom stereocenters. The van der Waals surface area contributed by atoms with Gasteiger partial charge in [-0.25, -0.2) is 0 Å². The topological polar surface area (TPSA) is 49.9 Å². The summed E-state index contributed by atoms with van der Waals surface area (Å²) < 4.78 is 5.65. The number of hydrogen-bond donors (Lipinski definition) is 2. The third kappa shape index (κ3) is 2.64. The molecule has 2 N–H and O–H groups in total.